The molecule has 0 spiro atoms. The molecule has 114 valence electrons. The number of aliphatic carboxylic acids is 1. The first kappa shape index (κ1) is 15.9. The maximum Gasteiger partial charge on any atom is 0.313 e. The third-order valence-electron chi connectivity index (χ3n) is 3.87. The van der Waals surface area contributed by atoms with Crippen LogP contribution < -0.4 is 0 Å². The summed E-state index contributed by atoms with van der Waals surface area (Å²) in [5, 5.41) is 9.71. The third kappa shape index (κ3) is 3.59. The molecule has 21 heavy (non-hydrogen) atoms. The molecule has 1 aromatic heterocycles. The molecule has 0 aliphatic rings. The number of rotatable bonds is 6. The summed E-state index contributed by atoms with van der Waals surface area (Å²) < 4.78 is 2.18. The summed E-state index contributed by atoms with van der Waals surface area (Å²) in [4.78, 5) is 15.5. The Hall–Kier alpha value is -1.49. The minimum Gasteiger partial charge on any atom is -0.481 e. The molecule has 0 fully saturated rings. The monoisotopic (exact) mass is 306 g/mol. The van der Waals surface area contributed by atoms with Gasteiger partial charge in [0.15, 0.2) is 5.16 Å². The lowest BCUT2D eigenvalue weighted by atomic mass is 9.98. The van der Waals surface area contributed by atoms with E-state index in [0.717, 1.165) is 22.7 Å². The average molecular weight is 306 g/mol. The Bertz CT molecular complexity index is 649. The largest absolute Gasteiger partial charge is 0.481 e. The molecular formula is C16H22N2O2S. The van der Waals surface area contributed by atoms with E-state index in [1.54, 1.807) is 0 Å². The van der Waals surface area contributed by atoms with E-state index >= 15 is 0 Å². The number of carbonyl (C=O) groups is 1. The topological polar surface area (TPSA) is 55.1 Å². The Morgan fingerprint density at radius 1 is 1.38 bits per heavy atom. The van der Waals surface area contributed by atoms with E-state index in [2.05, 4.69) is 43.3 Å². The van der Waals surface area contributed by atoms with Crippen LogP contribution in [0.4, 0.5) is 0 Å². The summed E-state index contributed by atoms with van der Waals surface area (Å²) in [7, 11) is 0. The molecule has 0 bridgehead atoms. The number of nitrogens with zero attached hydrogens (tertiary/aromatic N) is 2. The maximum atomic E-state index is 10.8. The second-order valence-electron chi connectivity index (χ2n) is 5.85. The van der Waals surface area contributed by atoms with E-state index in [1.165, 1.54) is 17.3 Å². The lowest BCUT2D eigenvalue weighted by Gasteiger charge is -2.18. The van der Waals surface area contributed by atoms with E-state index in [0.29, 0.717) is 11.8 Å². The van der Waals surface area contributed by atoms with Crippen LogP contribution in [0.1, 0.15) is 26.3 Å². The van der Waals surface area contributed by atoms with Gasteiger partial charge in [0.05, 0.1) is 16.8 Å². The standard InChI is InChI=1S/C16H22N2O2S/c1-10(2)12(4)8-18-15-11(3)6-5-7-13(15)17-16(18)21-9-14(19)20/h5-7,10,12H,8-9H2,1-4H3,(H,19,20). The number of aromatic nitrogens is 2. The van der Waals surface area contributed by atoms with Crippen LogP contribution >= 0.6 is 11.8 Å². The van der Waals surface area contributed by atoms with Crippen LogP contribution in [0.3, 0.4) is 0 Å². The van der Waals surface area contributed by atoms with Gasteiger partial charge in [-0.15, -0.1) is 0 Å². The van der Waals surface area contributed by atoms with Crippen molar-refractivity contribution < 1.29 is 9.90 Å². The lowest BCUT2D eigenvalue weighted by molar-refractivity contribution is -0.133. The number of imidazole rings is 1. The summed E-state index contributed by atoms with van der Waals surface area (Å²) in [6, 6.07) is 6.06. The molecule has 0 saturated carbocycles. The van der Waals surface area contributed by atoms with Gasteiger partial charge in [-0.2, -0.15) is 0 Å². The Labute approximate surface area is 129 Å². The smallest absolute Gasteiger partial charge is 0.313 e. The number of para-hydroxylation sites is 1. The number of fused-ring (bicyclic) bond motifs is 1. The summed E-state index contributed by atoms with van der Waals surface area (Å²) in [5.41, 5.74) is 3.25. The van der Waals surface area contributed by atoms with Crippen molar-refractivity contribution in [3.63, 3.8) is 0 Å². The van der Waals surface area contributed by atoms with Gasteiger partial charge in [0.2, 0.25) is 0 Å². The number of aryl methyl sites for hydroxylation is 1. The van der Waals surface area contributed by atoms with Crippen molar-refractivity contribution in [2.24, 2.45) is 11.8 Å². The van der Waals surface area contributed by atoms with Crippen LogP contribution in [0.5, 0.6) is 0 Å². The average Bonchev–Trinajstić information content (AvgIpc) is 2.75. The minimum atomic E-state index is -0.813. The summed E-state index contributed by atoms with van der Waals surface area (Å²) in [5.74, 6) is 0.306. The fourth-order valence-electron chi connectivity index (χ4n) is 2.25. The fraction of sp³-hybridized carbons (Fsp3) is 0.500. The first-order valence-corrected chi connectivity index (χ1v) is 8.19. The number of carboxylic acids is 1. The Balaban J connectivity index is 2.45. The zero-order valence-electron chi connectivity index (χ0n) is 13.0. The Kier molecular flexibility index (Phi) is 4.93. The minimum absolute atomic E-state index is 0.0401. The molecule has 1 unspecified atom stereocenters. The van der Waals surface area contributed by atoms with Gasteiger partial charge in [0, 0.05) is 6.54 Å². The van der Waals surface area contributed by atoms with Crippen LogP contribution in [0, 0.1) is 18.8 Å². The second kappa shape index (κ2) is 6.52. The predicted molar refractivity (Wildman–Crippen MR) is 86.8 cm³/mol. The Morgan fingerprint density at radius 3 is 2.71 bits per heavy atom. The van der Waals surface area contributed by atoms with E-state index in [-0.39, 0.29) is 5.75 Å². The van der Waals surface area contributed by atoms with Crippen molar-refractivity contribution in [2.45, 2.75) is 39.4 Å². The molecule has 1 aromatic carbocycles. The lowest BCUT2D eigenvalue weighted by Crippen LogP contribution is -2.14. The van der Waals surface area contributed by atoms with E-state index in [1.807, 2.05) is 12.1 Å². The zero-order chi connectivity index (χ0) is 15.6. The van der Waals surface area contributed by atoms with Gasteiger partial charge in [-0.05, 0) is 30.4 Å². The molecule has 0 aliphatic heterocycles. The van der Waals surface area contributed by atoms with Crippen LogP contribution in [-0.4, -0.2) is 26.4 Å². The van der Waals surface area contributed by atoms with Crippen molar-refractivity contribution >= 4 is 28.8 Å². The molecule has 4 nitrogen and oxygen atoms in total. The highest BCUT2D eigenvalue weighted by molar-refractivity contribution is 7.99. The van der Waals surface area contributed by atoms with Gasteiger partial charge in [-0.1, -0.05) is 44.7 Å². The number of benzene rings is 1. The first-order chi connectivity index (χ1) is 9.90. The molecule has 1 atom stereocenters. The predicted octanol–water partition coefficient (Wildman–Crippen LogP) is 3.81. The van der Waals surface area contributed by atoms with Crippen molar-refractivity contribution in [2.75, 3.05) is 5.75 Å². The molecule has 1 N–H and O–H groups in total. The van der Waals surface area contributed by atoms with E-state index in [4.69, 9.17) is 5.11 Å². The van der Waals surface area contributed by atoms with Gasteiger partial charge in [0.25, 0.3) is 0 Å². The molecule has 0 radical (unpaired) electrons. The van der Waals surface area contributed by atoms with Gasteiger partial charge < -0.3 is 9.67 Å². The quantitative estimate of drug-likeness (QED) is 0.824. The highest BCUT2D eigenvalue weighted by atomic mass is 32.2. The number of thioether (sulfide) groups is 1. The highest BCUT2D eigenvalue weighted by Gasteiger charge is 2.17. The zero-order valence-corrected chi connectivity index (χ0v) is 13.8. The summed E-state index contributed by atoms with van der Waals surface area (Å²) in [6.45, 7) is 9.58. The highest BCUT2D eigenvalue weighted by Crippen LogP contribution is 2.28. The fourth-order valence-corrected chi connectivity index (χ4v) is 2.99. The van der Waals surface area contributed by atoms with Crippen LogP contribution in [0.15, 0.2) is 23.4 Å². The molecule has 0 aliphatic carbocycles. The number of hydrogen-bond acceptors (Lipinski definition) is 3. The summed E-state index contributed by atoms with van der Waals surface area (Å²) in [6.07, 6.45) is 0. The normalized spacial score (nSPS) is 13.0. The number of hydrogen-bond donors (Lipinski definition) is 1. The number of carboxylic acid groups (broad SMARTS) is 1. The van der Waals surface area contributed by atoms with Gasteiger partial charge in [0.1, 0.15) is 0 Å². The second-order valence-corrected chi connectivity index (χ2v) is 6.79. The summed E-state index contributed by atoms with van der Waals surface area (Å²) >= 11 is 1.30. The van der Waals surface area contributed by atoms with Crippen LogP contribution in [0.25, 0.3) is 11.0 Å². The van der Waals surface area contributed by atoms with Gasteiger partial charge >= 0.3 is 5.97 Å². The van der Waals surface area contributed by atoms with Gasteiger partial charge in [-0.25, -0.2) is 4.98 Å². The SMILES string of the molecule is Cc1cccc2nc(SCC(=O)O)n(CC(C)C(C)C)c12. The van der Waals surface area contributed by atoms with Crippen molar-refractivity contribution in [1.29, 1.82) is 0 Å². The van der Waals surface area contributed by atoms with Crippen LogP contribution in [-0.2, 0) is 11.3 Å². The van der Waals surface area contributed by atoms with E-state index in [9.17, 15) is 4.79 Å². The first-order valence-electron chi connectivity index (χ1n) is 7.20. The van der Waals surface area contributed by atoms with E-state index < -0.39 is 5.97 Å². The molecule has 1 heterocycles. The third-order valence-corrected chi connectivity index (χ3v) is 4.83. The molecule has 0 saturated heterocycles. The van der Waals surface area contributed by atoms with Crippen molar-refractivity contribution in [1.82, 2.24) is 9.55 Å². The van der Waals surface area contributed by atoms with Crippen molar-refractivity contribution in [3.8, 4) is 0 Å². The Morgan fingerprint density at radius 2 is 2.10 bits per heavy atom. The molecule has 5 heteroatoms. The molecule has 2 rings (SSSR count). The molecular weight excluding hydrogens is 284 g/mol. The molecule has 2 aromatic rings. The maximum absolute atomic E-state index is 10.8. The molecule has 0 amide bonds. The van der Waals surface area contributed by atoms with Crippen molar-refractivity contribution in [3.05, 3.63) is 23.8 Å². The van der Waals surface area contributed by atoms with Gasteiger partial charge in [-0.3, -0.25) is 4.79 Å². The van der Waals surface area contributed by atoms with Crippen LogP contribution in [0.2, 0.25) is 0 Å².